The van der Waals surface area contributed by atoms with Gasteiger partial charge in [-0.05, 0) is 245 Å². The first-order chi connectivity index (χ1) is 40.5. The molecule has 0 aliphatic heterocycles. The van der Waals surface area contributed by atoms with Crippen molar-refractivity contribution < 1.29 is 9.47 Å². The zero-order valence-electron chi connectivity index (χ0n) is 57.5. The zero-order chi connectivity index (χ0) is 63.2. The first-order valence-electron chi connectivity index (χ1n) is 31.8. The zero-order valence-corrected chi connectivity index (χ0v) is 59.3. The number of hydrogen-bond acceptors (Lipinski definition) is 6. The van der Waals surface area contributed by atoms with Gasteiger partial charge in [0, 0.05) is 79.1 Å². The summed E-state index contributed by atoms with van der Waals surface area (Å²) in [5.41, 5.74) is 19.1. The molecule has 0 saturated carbocycles. The second kappa shape index (κ2) is 26.7. The molecule has 0 spiro atoms. The molecule has 8 heteroatoms. The van der Waals surface area contributed by atoms with E-state index in [0.29, 0.717) is 0 Å². The molecule has 0 unspecified atom stereocenters. The molecule has 0 bridgehead atoms. The van der Waals surface area contributed by atoms with Gasteiger partial charge in [0.05, 0.1) is 14.2 Å². The van der Waals surface area contributed by atoms with Gasteiger partial charge in [-0.3, -0.25) is 0 Å². The lowest BCUT2D eigenvalue weighted by atomic mass is 9.92. The van der Waals surface area contributed by atoms with Crippen LogP contribution in [-0.4, -0.2) is 70.6 Å². The van der Waals surface area contributed by atoms with Crippen LogP contribution in [0.3, 0.4) is 0 Å². The molecule has 0 saturated heterocycles. The Morgan fingerprint density at radius 3 is 0.663 bits per heavy atom. The van der Waals surface area contributed by atoms with Crippen LogP contribution in [0.25, 0.3) is 32.7 Å². The molecule has 0 atom stereocenters. The summed E-state index contributed by atoms with van der Waals surface area (Å²) >= 11 is 0. The van der Waals surface area contributed by atoms with E-state index in [1.807, 2.05) is 0 Å². The Morgan fingerprint density at radius 1 is 0.279 bits per heavy atom. The van der Waals surface area contributed by atoms with Crippen molar-refractivity contribution >= 4 is 92.0 Å². The molecule has 8 aromatic rings. The molecule has 0 N–H and O–H groups in total. The Balaban J connectivity index is 1.72. The number of rotatable bonds is 21. The normalized spacial score (nSPS) is 12.2. The van der Waals surface area contributed by atoms with Crippen molar-refractivity contribution in [2.24, 2.45) is 0 Å². The highest BCUT2D eigenvalue weighted by Gasteiger charge is 2.34. The second-order valence-electron chi connectivity index (χ2n) is 27.5. The summed E-state index contributed by atoms with van der Waals surface area (Å²) < 4.78 is 12.2. The maximum Gasteiger partial charge on any atom is 0.119 e. The third kappa shape index (κ3) is 12.8. The fraction of sp³-hybridized carbons (Fsp3) is 0.436. The van der Waals surface area contributed by atoms with Crippen LogP contribution in [0, 0.1) is 0 Å². The summed E-state index contributed by atoms with van der Waals surface area (Å²) in [6, 6.07) is 44.5. The number of hydrogen-bond donors (Lipinski definition) is 0. The van der Waals surface area contributed by atoms with Crippen LogP contribution in [-0.2, 0) is 0 Å². The van der Waals surface area contributed by atoms with Crippen LogP contribution in [0.2, 0.25) is 0 Å². The van der Waals surface area contributed by atoms with E-state index >= 15 is 0 Å². The maximum absolute atomic E-state index is 6.11. The van der Waals surface area contributed by atoms with Crippen molar-refractivity contribution in [1.29, 1.82) is 0 Å². The average molecular weight is 1190 g/mol. The molecule has 0 radical (unpaired) electrons. The van der Waals surface area contributed by atoms with E-state index in [9.17, 15) is 0 Å². The van der Waals surface area contributed by atoms with E-state index in [1.165, 1.54) is 121 Å². The highest BCUT2D eigenvalue weighted by Crippen LogP contribution is 2.51. The molecular formula is C78H104N4O2P2. The third-order valence-corrected chi connectivity index (χ3v) is 22.4. The summed E-state index contributed by atoms with van der Waals surface area (Å²) in [4.78, 5) is 9.46. The Labute approximate surface area is 523 Å². The van der Waals surface area contributed by atoms with Gasteiger partial charge in [-0.15, -0.1) is 0 Å². The lowest BCUT2D eigenvalue weighted by molar-refractivity contribution is 0.415. The minimum atomic E-state index is -1.28. The van der Waals surface area contributed by atoms with Gasteiger partial charge in [0.2, 0.25) is 0 Å². The molecule has 0 aliphatic rings. The first kappa shape index (κ1) is 65.9. The molecule has 458 valence electrons. The molecule has 8 rings (SSSR count). The number of anilines is 4. The van der Waals surface area contributed by atoms with Crippen LogP contribution in [0.4, 0.5) is 22.7 Å². The standard InChI is InChI=1S/C78H104N4O2P2/c1-45(2)63-37-57(38-64(46(3)4)75(63)79(17)18)85(58-39-65(47(5)6)76(80(19)20)66(40-58)48(7)8)71-33-27-53-35-55(83-25)29-31-61(53)73(71)74-62-32-30-56(84-26)36-54(62)28-34-72(74)86(59-41-67(49(9)10)77(81(21)22)68(42-59)50(11)12)60-43-69(51(13)14)78(82(23)24)70(44-60)52(15)16/h27-52H,1-26H3. The number of nitrogens with zero attached hydrogens (tertiary/aromatic N) is 4. The van der Waals surface area contributed by atoms with Gasteiger partial charge < -0.3 is 29.1 Å². The highest BCUT2D eigenvalue weighted by molar-refractivity contribution is 7.81. The topological polar surface area (TPSA) is 31.4 Å². The van der Waals surface area contributed by atoms with Gasteiger partial charge in [0.15, 0.2) is 0 Å². The van der Waals surface area contributed by atoms with Gasteiger partial charge >= 0.3 is 0 Å². The van der Waals surface area contributed by atoms with Crippen molar-refractivity contribution in [1.82, 2.24) is 0 Å². The van der Waals surface area contributed by atoms with Crippen molar-refractivity contribution in [3.8, 4) is 22.6 Å². The van der Waals surface area contributed by atoms with E-state index in [2.05, 4.69) is 296 Å². The Bertz CT molecular complexity index is 3240. The van der Waals surface area contributed by atoms with Gasteiger partial charge in [-0.2, -0.15) is 0 Å². The van der Waals surface area contributed by atoms with Crippen LogP contribution in [0.1, 0.15) is 203 Å². The highest BCUT2D eigenvalue weighted by atomic mass is 31.1. The van der Waals surface area contributed by atoms with Crippen molar-refractivity contribution in [2.75, 3.05) is 90.2 Å². The third-order valence-electron chi connectivity index (χ3n) is 17.6. The largest absolute Gasteiger partial charge is 0.497 e. The summed E-state index contributed by atoms with van der Waals surface area (Å²) in [5, 5.41) is 13.0. The van der Waals surface area contributed by atoms with Crippen LogP contribution >= 0.6 is 15.8 Å². The van der Waals surface area contributed by atoms with Crippen molar-refractivity contribution in [3.05, 3.63) is 154 Å². The average Bonchev–Trinajstić information content (AvgIpc) is 1.20. The maximum atomic E-state index is 6.11. The van der Waals surface area contributed by atoms with Crippen LogP contribution in [0.5, 0.6) is 11.5 Å². The minimum absolute atomic E-state index is 0.290. The summed E-state index contributed by atoms with van der Waals surface area (Å²) in [6.45, 7) is 38.1. The number of ether oxygens (including phenoxy) is 2. The van der Waals surface area contributed by atoms with Crippen molar-refractivity contribution in [3.63, 3.8) is 0 Å². The van der Waals surface area contributed by atoms with E-state index in [0.717, 1.165) is 22.3 Å². The Morgan fingerprint density at radius 2 is 0.488 bits per heavy atom. The van der Waals surface area contributed by atoms with E-state index < -0.39 is 15.8 Å². The smallest absolute Gasteiger partial charge is 0.119 e. The predicted octanol–water partition coefficient (Wildman–Crippen LogP) is 18.4. The Hall–Kier alpha value is -6.06. The molecule has 0 fully saturated rings. The molecule has 0 amide bonds. The second-order valence-corrected chi connectivity index (χ2v) is 31.8. The quantitative estimate of drug-likeness (QED) is 0.0667. The molecule has 0 heterocycles. The summed E-state index contributed by atoms with van der Waals surface area (Å²) in [7, 11) is 18.9. The molecule has 86 heavy (non-hydrogen) atoms. The molecule has 8 aromatic carbocycles. The molecule has 0 aromatic heterocycles. The minimum Gasteiger partial charge on any atom is -0.497 e. The predicted molar refractivity (Wildman–Crippen MR) is 387 cm³/mol. The molecular weight excluding hydrogens is 1090 g/mol. The summed E-state index contributed by atoms with van der Waals surface area (Å²) in [6.07, 6.45) is 0. The number of methoxy groups -OCH3 is 2. The van der Waals surface area contributed by atoms with Gasteiger partial charge in [-0.1, -0.05) is 147 Å². The fourth-order valence-electron chi connectivity index (χ4n) is 13.4. The lowest BCUT2D eigenvalue weighted by Gasteiger charge is -2.34. The Kier molecular flexibility index (Phi) is 20.5. The van der Waals surface area contributed by atoms with E-state index in [1.54, 1.807) is 14.2 Å². The number of benzene rings is 8. The fourth-order valence-corrected chi connectivity index (χ4v) is 18.6. The van der Waals surface area contributed by atoms with Gasteiger partial charge in [0.25, 0.3) is 0 Å². The monoisotopic (exact) mass is 1190 g/mol. The van der Waals surface area contributed by atoms with Gasteiger partial charge in [0.1, 0.15) is 11.5 Å². The van der Waals surface area contributed by atoms with Gasteiger partial charge in [-0.25, -0.2) is 0 Å². The van der Waals surface area contributed by atoms with Crippen molar-refractivity contribution in [2.45, 2.75) is 158 Å². The first-order valence-corrected chi connectivity index (χ1v) is 34.4. The SMILES string of the molecule is COc1ccc2c(-c3c(P(c4cc(C(C)C)c(N(C)C)c(C(C)C)c4)c4cc(C(C)C)c(N(C)C)c(C(C)C)c4)ccc4cc(OC)ccc34)c(P(c3cc(C(C)C)c(N(C)C)c(C(C)C)c3)c3cc(C(C)C)c(N(C)C)c(C(C)C)c3)ccc2c1. The lowest BCUT2D eigenvalue weighted by Crippen LogP contribution is -2.29. The molecule has 0 aliphatic carbocycles. The van der Waals surface area contributed by atoms with Crippen LogP contribution < -0.4 is 60.9 Å². The number of fused-ring (bicyclic) bond motifs is 2. The van der Waals surface area contributed by atoms with E-state index in [-0.39, 0.29) is 47.3 Å². The summed E-state index contributed by atoms with van der Waals surface area (Å²) in [5.74, 6) is 4.01. The molecule has 6 nitrogen and oxygen atoms in total. The van der Waals surface area contributed by atoms with E-state index in [4.69, 9.17) is 9.47 Å². The van der Waals surface area contributed by atoms with Crippen LogP contribution in [0.15, 0.2) is 109 Å².